The highest BCUT2D eigenvalue weighted by Crippen LogP contribution is 2.31. The number of halogens is 3. The van der Waals surface area contributed by atoms with E-state index in [9.17, 15) is 13.2 Å². The van der Waals surface area contributed by atoms with E-state index < -0.39 is 12.6 Å². The van der Waals surface area contributed by atoms with E-state index in [4.69, 9.17) is 4.74 Å². The Hall–Kier alpha value is -0.290. The van der Waals surface area contributed by atoms with Crippen LogP contribution in [0, 0.1) is 0 Å². The number of alkyl halides is 3. The smallest absolute Gasteiger partial charge is 0.374 e. The molecule has 17 heavy (non-hydrogen) atoms. The summed E-state index contributed by atoms with van der Waals surface area (Å²) in [5, 5.41) is 3.11. The van der Waals surface area contributed by atoms with Crippen LogP contribution in [0.1, 0.15) is 45.4 Å². The van der Waals surface area contributed by atoms with Crippen LogP contribution in [0.3, 0.4) is 0 Å². The van der Waals surface area contributed by atoms with Crippen molar-refractivity contribution in [2.45, 2.75) is 63.3 Å². The van der Waals surface area contributed by atoms with Crippen LogP contribution >= 0.6 is 0 Å². The van der Waals surface area contributed by atoms with E-state index in [0.29, 0.717) is 13.0 Å². The molecular weight excluding hydrogens is 231 g/mol. The predicted octanol–water partition coefficient (Wildman–Crippen LogP) is 3.27. The first-order valence-electron chi connectivity index (χ1n) is 6.25. The van der Waals surface area contributed by atoms with E-state index >= 15 is 0 Å². The summed E-state index contributed by atoms with van der Waals surface area (Å²) in [6.45, 7) is 2.72. The maximum Gasteiger partial charge on any atom is 0.389 e. The van der Waals surface area contributed by atoms with E-state index in [0.717, 1.165) is 19.3 Å². The van der Waals surface area contributed by atoms with Crippen LogP contribution in [0.2, 0.25) is 0 Å². The molecular formula is C12H22F3NO. The van der Waals surface area contributed by atoms with Crippen molar-refractivity contribution in [3.63, 3.8) is 0 Å². The van der Waals surface area contributed by atoms with Crippen LogP contribution in [0.4, 0.5) is 13.2 Å². The van der Waals surface area contributed by atoms with Gasteiger partial charge in [0.25, 0.3) is 0 Å². The van der Waals surface area contributed by atoms with Crippen LogP contribution in [0.5, 0.6) is 0 Å². The van der Waals surface area contributed by atoms with E-state index in [1.54, 1.807) is 7.05 Å². The fraction of sp³-hybridized carbons (Fsp3) is 1.00. The highest BCUT2D eigenvalue weighted by atomic mass is 19.4. The third kappa shape index (κ3) is 4.84. The largest absolute Gasteiger partial charge is 0.389 e. The lowest BCUT2D eigenvalue weighted by Gasteiger charge is -2.40. The summed E-state index contributed by atoms with van der Waals surface area (Å²) >= 11 is 0. The summed E-state index contributed by atoms with van der Waals surface area (Å²) in [7, 11) is 1.79. The number of likely N-dealkylation sites (N-methyl/N-ethyl adjacent to an activating group) is 1. The predicted molar refractivity (Wildman–Crippen MR) is 61.0 cm³/mol. The molecule has 2 atom stereocenters. The number of hydrogen-bond acceptors (Lipinski definition) is 2. The van der Waals surface area contributed by atoms with Crippen LogP contribution in [0.25, 0.3) is 0 Å². The molecule has 0 bridgehead atoms. The van der Waals surface area contributed by atoms with Gasteiger partial charge in [-0.25, -0.2) is 0 Å². The van der Waals surface area contributed by atoms with Crippen molar-refractivity contribution in [1.29, 1.82) is 0 Å². The van der Waals surface area contributed by atoms with E-state index in [2.05, 4.69) is 5.32 Å². The molecule has 0 aromatic rings. The Morgan fingerprint density at radius 1 is 1.35 bits per heavy atom. The molecule has 1 rings (SSSR count). The first-order valence-corrected chi connectivity index (χ1v) is 6.25. The molecule has 1 aliphatic rings. The lowest BCUT2D eigenvalue weighted by Crippen LogP contribution is -2.51. The molecule has 1 heterocycles. The Bertz CT molecular complexity index is 224. The van der Waals surface area contributed by atoms with Gasteiger partial charge in [0.15, 0.2) is 0 Å². The number of hydrogen-bond donors (Lipinski definition) is 1. The average Bonchev–Trinajstić information content (AvgIpc) is 2.23. The van der Waals surface area contributed by atoms with Crippen molar-refractivity contribution in [3.05, 3.63) is 0 Å². The number of rotatable bonds is 5. The second kappa shape index (κ2) is 6.05. The number of nitrogens with one attached hydrogen (secondary N) is 1. The Kier molecular flexibility index (Phi) is 5.25. The zero-order valence-corrected chi connectivity index (χ0v) is 10.6. The minimum atomic E-state index is -4.05. The maximum atomic E-state index is 12.1. The van der Waals surface area contributed by atoms with Gasteiger partial charge < -0.3 is 10.1 Å². The molecule has 1 N–H and O–H groups in total. The molecule has 0 radical (unpaired) electrons. The van der Waals surface area contributed by atoms with Gasteiger partial charge in [-0.15, -0.1) is 0 Å². The van der Waals surface area contributed by atoms with Crippen LogP contribution in [-0.4, -0.2) is 31.5 Å². The quantitative estimate of drug-likeness (QED) is 0.812. The molecule has 0 spiro atoms. The number of ether oxygens (including phenoxy) is 1. The van der Waals surface area contributed by atoms with E-state index in [-0.39, 0.29) is 18.1 Å². The molecule has 2 nitrogen and oxygen atoms in total. The van der Waals surface area contributed by atoms with E-state index in [1.165, 1.54) is 0 Å². The normalized spacial score (nSPS) is 28.1. The summed E-state index contributed by atoms with van der Waals surface area (Å²) in [6, 6.07) is 0.00477. The van der Waals surface area contributed by atoms with Crippen molar-refractivity contribution in [3.8, 4) is 0 Å². The molecule has 102 valence electrons. The monoisotopic (exact) mass is 253 g/mol. The standard InChI is InChI=1S/C12H22F3NO/c1-11(7-3-4-9-17-11)10(16-2)6-5-8-12(13,14)15/h10,16H,3-9H2,1-2H3. The van der Waals surface area contributed by atoms with Gasteiger partial charge in [-0.2, -0.15) is 13.2 Å². The van der Waals surface area contributed by atoms with Gasteiger partial charge in [0, 0.05) is 19.1 Å². The van der Waals surface area contributed by atoms with Crippen LogP contribution < -0.4 is 5.32 Å². The first kappa shape index (κ1) is 14.8. The SMILES string of the molecule is CNC(CCCC(F)(F)F)C1(C)CCCCO1. The summed E-state index contributed by atoms with van der Waals surface area (Å²) in [6.07, 6.45) is -1.03. The first-order chi connectivity index (χ1) is 7.87. The molecule has 5 heteroatoms. The Balaban J connectivity index is 2.41. The molecule has 0 aliphatic carbocycles. The highest BCUT2D eigenvalue weighted by molar-refractivity contribution is 4.90. The summed E-state index contributed by atoms with van der Waals surface area (Å²) in [5.74, 6) is 0. The molecule has 0 aromatic heterocycles. The van der Waals surface area contributed by atoms with Gasteiger partial charge in [-0.05, 0) is 46.1 Å². The lowest BCUT2D eigenvalue weighted by atomic mass is 9.85. The molecule has 0 saturated carbocycles. The van der Waals surface area contributed by atoms with Crippen molar-refractivity contribution < 1.29 is 17.9 Å². The van der Waals surface area contributed by atoms with Crippen molar-refractivity contribution in [2.75, 3.05) is 13.7 Å². The summed E-state index contributed by atoms with van der Waals surface area (Å²) in [4.78, 5) is 0. The van der Waals surface area contributed by atoms with Gasteiger partial charge >= 0.3 is 6.18 Å². The molecule has 0 aromatic carbocycles. The lowest BCUT2D eigenvalue weighted by molar-refractivity contribution is -0.138. The summed E-state index contributed by atoms with van der Waals surface area (Å²) in [5.41, 5.74) is -0.307. The minimum Gasteiger partial charge on any atom is -0.374 e. The Labute approximate surface area is 101 Å². The van der Waals surface area contributed by atoms with Gasteiger partial charge in [-0.3, -0.25) is 0 Å². The second-order valence-electron chi connectivity index (χ2n) is 4.97. The molecule has 1 fully saturated rings. The average molecular weight is 253 g/mol. The summed E-state index contributed by atoms with van der Waals surface area (Å²) < 4.78 is 42.0. The fourth-order valence-electron chi connectivity index (χ4n) is 2.49. The van der Waals surface area contributed by atoms with Crippen LogP contribution in [0.15, 0.2) is 0 Å². The van der Waals surface area contributed by atoms with Crippen molar-refractivity contribution in [2.24, 2.45) is 0 Å². The third-order valence-electron chi connectivity index (χ3n) is 3.54. The van der Waals surface area contributed by atoms with E-state index in [1.807, 2.05) is 6.92 Å². The Morgan fingerprint density at radius 3 is 2.53 bits per heavy atom. The zero-order valence-electron chi connectivity index (χ0n) is 10.6. The molecule has 2 unspecified atom stereocenters. The fourth-order valence-corrected chi connectivity index (χ4v) is 2.49. The van der Waals surface area contributed by atoms with Gasteiger partial charge in [-0.1, -0.05) is 0 Å². The van der Waals surface area contributed by atoms with Crippen molar-refractivity contribution >= 4 is 0 Å². The third-order valence-corrected chi connectivity index (χ3v) is 3.54. The topological polar surface area (TPSA) is 21.3 Å². The molecule has 1 aliphatic heterocycles. The van der Waals surface area contributed by atoms with Gasteiger partial charge in [0.05, 0.1) is 5.60 Å². The Morgan fingerprint density at radius 2 is 2.06 bits per heavy atom. The van der Waals surface area contributed by atoms with Crippen molar-refractivity contribution in [1.82, 2.24) is 5.32 Å². The minimum absolute atomic E-state index is 0.00477. The van der Waals surface area contributed by atoms with Gasteiger partial charge in [0.2, 0.25) is 0 Å². The molecule has 1 saturated heterocycles. The maximum absolute atomic E-state index is 12.1. The zero-order chi connectivity index (χ0) is 12.9. The highest BCUT2D eigenvalue weighted by Gasteiger charge is 2.36. The van der Waals surface area contributed by atoms with Crippen LogP contribution in [-0.2, 0) is 4.74 Å². The van der Waals surface area contributed by atoms with Gasteiger partial charge in [0.1, 0.15) is 0 Å². The second-order valence-corrected chi connectivity index (χ2v) is 4.97. The molecule has 0 amide bonds.